The third-order valence-electron chi connectivity index (χ3n) is 9.38. The van der Waals surface area contributed by atoms with E-state index in [-0.39, 0.29) is 56.3 Å². The number of amides is 3. The van der Waals surface area contributed by atoms with Crippen LogP contribution in [0.2, 0.25) is 10.0 Å². The summed E-state index contributed by atoms with van der Waals surface area (Å²) in [5, 5.41) is 7.02. The summed E-state index contributed by atoms with van der Waals surface area (Å²) < 4.78 is 36.6. The summed E-state index contributed by atoms with van der Waals surface area (Å²) >= 11 is 14.5. The van der Waals surface area contributed by atoms with Gasteiger partial charge in [-0.2, -0.15) is 4.39 Å². The predicted molar refractivity (Wildman–Crippen MR) is 207 cm³/mol. The van der Waals surface area contributed by atoms with Gasteiger partial charge in [-0.1, -0.05) is 42.3 Å². The van der Waals surface area contributed by atoms with Gasteiger partial charge in [0.1, 0.15) is 16.2 Å². The van der Waals surface area contributed by atoms with Gasteiger partial charge in [-0.3, -0.25) is 9.69 Å². The molecule has 0 radical (unpaired) electrons. The molecule has 1 saturated heterocycles. The number of aromatic nitrogens is 2. The number of nitrogens with zero attached hydrogens (tertiary/aromatic N) is 5. The molecule has 2 fully saturated rings. The molecular weight excluding hydrogens is 772 g/mol. The predicted octanol–water partition coefficient (Wildman–Crippen LogP) is 8.72. The lowest BCUT2D eigenvalue weighted by Gasteiger charge is -2.50. The van der Waals surface area contributed by atoms with Crippen LogP contribution in [-0.2, 0) is 33.7 Å². The number of piperazine rings is 1. The summed E-state index contributed by atoms with van der Waals surface area (Å²) in [7, 11) is 0. The fourth-order valence-corrected chi connectivity index (χ4v) is 8.10. The number of halogens is 3. The fraction of sp³-hybridized carbons (Fsp3) is 0.564. The van der Waals surface area contributed by atoms with E-state index in [1.807, 2.05) is 11.4 Å². The molecule has 1 aromatic carbocycles. The van der Waals surface area contributed by atoms with E-state index >= 15 is 4.79 Å². The average Bonchev–Trinajstić information content (AvgIpc) is 3.72. The zero-order valence-corrected chi connectivity index (χ0v) is 34.6. The third-order valence-corrected chi connectivity index (χ3v) is 11.2. The summed E-state index contributed by atoms with van der Waals surface area (Å²) in [6, 6.07) is 3.90. The molecule has 2 bridgehead atoms. The van der Waals surface area contributed by atoms with Crippen molar-refractivity contribution in [3.8, 4) is 5.88 Å². The van der Waals surface area contributed by atoms with Gasteiger partial charge in [-0.05, 0) is 90.4 Å². The lowest BCUT2D eigenvalue weighted by molar-refractivity contribution is -0.129. The van der Waals surface area contributed by atoms with E-state index in [9.17, 15) is 14.0 Å². The van der Waals surface area contributed by atoms with Crippen molar-refractivity contribution in [2.45, 2.75) is 123 Å². The molecule has 2 atom stereocenters. The van der Waals surface area contributed by atoms with E-state index in [0.717, 1.165) is 24.1 Å². The molecule has 0 spiro atoms. The van der Waals surface area contributed by atoms with E-state index in [2.05, 4.69) is 5.16 Å². The van der Waals surface area contributed by atoms with Gasteiger partial charge in [-0.25, -0.2) is 14.6 Å². The summed E-state index contributed by atoms with van der Waals surface area (Å²) in [6.45, 7) is 13.1. The Kier molecular flexibility index (Phi) is 12.1. The first-order chi connectivity index (χ1) is 25.9. The van der Waals surface area contributed by atoms with Gasteiger partial charge in [0.25, 0.3) is 11.8 Å². The van der Waals surface area contributed by atoms with E-state index in [4.69, 9.17) is 46.9 Å². The van der Waals surface area contributed by atoms with E-state index in [1.54, 1.807) is 75.3 Å². The van der Waals surface area contributed by atoms with Gasteiger partial charge < -0.3 is 28.5 Å². The van der Waals surface area contributed by atoms with Crippen molar-refractivity contribution in [3.05, 3.63) is 67.0 Å². The van der Waals surface area contributed by atoms with Crippen LogP contribution in [0.15, 0.2) is 33.7 Å². The Bertz CT molecular complexity index is 1950. The normalized spacial score (nSPS) is 18.7. The van der Waals surface area contributed by atoms with Crippen molar-refractivity contribution in [1.82, 2.24) is 24.8 Å². The number of carbonyl (C=O) groups is 3. The molecule has 2 unspecified atom stereocenters. The smallest absolute Gasteiger partial charge is 0.411 e. The van der Waals surface area contributed by atoms with Crippen LogP contribution in [0.5, 0.6) is 5.88 Å². The number of hydrogen-bond acceptors (Lipinski definition) is 10. The average molecular weight is 821 g/mol. The van der Waals surface area contributed by atoms with Gasteiger partial charge in [0.05, 0.1) is 34.4 Å². The number of benzene rings is 1. The number of carbonyl (C=O) groups excluding carboxylic acids is 3. The Morgan fingerprint density at radius 2 is 1.76 bits per heavy atom. The molecule has 0 N–H and O–H groups in total. The number of thiazole rings is 1. The topological polar surface area (TPSA) is 128 Å². The van der Waals surface area contributed by atoms with Crippen LogP contribution in [0.1, 0.15) is 96.2 Å². The Balaban J connectivity index is 1.37. The van der Waals surface area contributed by atoms with Crippen LogP contribution in [0.4, 0.5) is 14.0 Å². The van der Waals surface area contributed by atoms with Crippen molar-refractivity contribution >= 4 is 58.2 Å². The Labute approximate surface area is 334 Å². The highest BCUT2D eigenvalue weighted by atomic mass is 35.5. The van der Waals surface area contributed by atoms with Crippen LogP contribution < -0.4 is 4.74 Å². The van der Waals surface area contributed by atoms with E-state index in [1.165, 1.54) is 11.3 Å². The number of aryl methyl sites for hydroxylation is 2. The summed E-state index contributed by atoms with van der Waals surface area (Å²) in [4.78, 5) is 52.8. The van der Waals surface area contributed by atoms with Crippen LogP contribution >= 0.6 is 34.5 Å². The van der Waals surface area contributed by atoms with Crippen molar-refractivity contribution < 1.29 is 37.5 Å². The number of fused-ring (bicyclic) bond motifs is 2. The summed E-state index contributed by atoms with van der Waals surface area (Å²) in [5.41, 5.74) is 1.01. The molecule has 3 aromatic rings. The van der Waals surface area contributed by atoms with Crippen molar-refractivity contribution in [1.29, 1.82) is 0 Å². The zero-order valence-electron chi connectivity index (χ0n) is 32.2. The molecule has 4 heterocycles. The SMILES string of the molecule is CCc1onc(OCCCc2csc(C3=C(C(=O)N(Cc4cccc(Cl)c4Cl)C4CC4)C4CN(C(=O)OC(C)(C)C)CC(C3)N4C(=O)OC(C)(C)C)n2)c1F. The second-order valence-corrected chi connectivity index (χ2v) is 17.7. The first-order valence-corrected chi connectivity index (χ1v) is 20.2. The largest absolute Gasteiger partial charge is 0.473 e. The number of rotatable bonds is 11. The van der Waals surface area contributed by atoms with Gasteiger partial charge in [-0.15, -0.1) is 11.3 Å². The maximum Gasteiger partial charge on any atom is 0.411 e. The number of hydrogen-bond donors (Lipinski definition) is 0. The molecular formula is C39H48Cl2FN5O7S. The van der Waals surface area contributed by atoms with Crippen molar-refractivity contribution in [3.63, 3.8) is 0 Å². The first-order valence-electron chi connectivity index (χ1n) is 18.6. The lowest BCUT2D eigenvalue weighted by Crippen LogP contribution is -2.66. The minimum atomic E-state index is -0.862. The molecule has 3 amide bonds. The van der Waals surface area contributed by atoms with Gasteiger partial charge in [0, 0.05) is 48.6 Å². The molecule has 1 saturated carbocycles. The van der Waals surface area contributed by atoms with E-state index < -0.39 is 41.3 Å². The standard InChI is InChI=1S/C39H48Cl2FN5O7S/c1-8-29-32(42)33(44-54-29)51-16-10-12-23-21-55-34(43-23)26-17-25-19-45(36(49)52-38(2,3)4)20-28(47(25)37(50)53-39(5,6)7)30(26)35(48)46(24-14-15-24)18-22-11-9-13-27(40)31(22)41/h9,11,13,21,24-25,28H,8,10,12,14-20H2,1-7H3. The highest BCUT2D eigenvalue weighted by Crippen LogP contribution is 2.43. The molecule has 2 aliphatic heterocycles. The van der Waals surface area contributed by atoms with Gasteiger partial charge >= 0.3 is 12.2 Å². The maximum atomic E-state index is 15.2. The van der Waals surface area contributed by atoms with Crippen molar-refractivity contribution in [2.75, 3.05) is 19.7 Å². The maximum absolute atomic E-state index is 15.2. The monoisotopic (exact) mass is 819 g/mol. The molecule has 1 aliphatic carbocycles. The highest BCUT2D eigenvalue weighted by Gasteiger charge is 2.51. The molecule has 6 rings (SSSR count). The van der Waals surface area contributed by atoms with Crippen LogP contribution in [-0.4, -0.2) is 92.0 Å². The van der Waals surface area contributed by atoms with Crippen LogP contribution in [0.3, 0.4) is 0 Å². The quantitative estimate of drug-likeness (QED) is 0.175. The summed E-state index contributed by atoms with van der Waals surface area (Å²) in [6.07, 6.45) is 2.18. The Morgan fingerprint density at radius 3 is 2.42 bits per heavy atom. The fourth-order valence-electron chi connectivity index (χ4n) is 6.80. The zero-order chi connectivity index (χ0) is 39.8. The minimum Gasteiger partial charge on any atom is -0.473 e. The van der Waals surface area contributed by atoms with Crippen LogP contribution in [0.25, 0.3) is 5.57 Å². The first kappa shape index (κ1) is 40.8. The Morgan fingerprint density at radius 1 is 1.05 bits per heavy atom. The highest BCUT2D eigenvalue weighted by molar-refractivity contribution is 7.10. The Hall–Kier alpha value is -3.88. The molecule has 16 heteroatoms. The number of ether oxygens (including phenoxy) is 3. The van der Waals surface area contributed by atoms with E-state index in [0.29, 0.717) is 45.5 Å². The second kappa shape index (κ2) is 16.3. The molecule has 298 valence electrons. The second-order valence-electron chi connectivity index (χ2n) is 16.1. The lowest BCUT2D eigenvalue weighted by atomic mass is 9.84. The van der Waals surface area contributed by atoms with Crippen LogP contribution in [0, 0.1) is 5.82 Å². The third kappa shape index (κ3) is 9.57. The molecule has 12 nitrogen and oxygen atoms in total. The molecule has 55 heavy (non-hydrogen) atoms. The molecule has 2 aromatic heterocycles. The van der Waals surface area contributed by atoms with Gasteiger partial charge in [0.2, 0.25) is 5.82 Å². The summed E-state index contributed by atoms with van der Waals surface area (Å²) in [5.74, 6) is -0.880. The van der Waals surface area contributed by atoms with Gasteiger partial charge in [0.15, 0.2) is 5.76 Å². The molecule has 3 aliphatic rings. The van der Waals surface area contributed by atoms with Crippen molar-refractivity contribution in [2.24, 2.45) is 0 Å². The minimum absolute atomic E-state index is 0.0135.